The summed E-state index contributed by atoms with van der Waals surface area (Å²) in [6.45, 7) is 2.23. The van der Waals surface area contributed by atoms with Crippen LogP contribution in [0.25, 0.3) is 0 Å². The first-order valence-corrected chi connectivity index (χ1v) is 10.4. The number of allylic oxidation sites excluding steroid dienone is 4. The zero-order chi connectivity index (χ0) is 19.4. The molecule has 0 amide bonds. The first kappa shape index (κ1) is 31.1. The SMILES string of the molecule is CCCCC/C=C\C/C=C\CCCCCCCC(=O)O.O=S(=O)(O)O.[BaH2]. The zero-order valence-electron chi connectivity index (χ0n) is 15.3. The van der Waals surface area contributed by atoms with E-state index in [1.807, 2.05) is 0 Å². The van der Waals surface area contributed by atoms with Gasteiger partial charge in [-0.05, 0) is 38.5 Å². The monoisotopic (exact) mass is 518 g/mol. The van der Waals surface area contributed by atoms with Gasteiger partial charge < -0.3 is 5.11 Å². The minimum atomic E-state index is -4.67. The Morgan fingerprint density at radius 1 is 0.808 bits per heavy atom. The van der Waals surface area contributed by atoms with Crippen molar-refractivity contribution in [3.63, 3.8) is 0 Å². The normalized spacial score (nSPS) is 11.2. The molecule has 0 aromatic rings. The molecule has 0 atom stereocenters. The molecule has 0 bridgehead atoms. The standard InChI is InChI=1S/C18H32O2.Ba.H2O4S.2H/c1-2-3-4-5-6-7-8-9-10-11-12-13-14-15-16-17-18(19)20;;1-5(2,3)4;;/h6-7,9-10H,2-5,8,11-17H2,1H3,(H,19,20);;(H2,1,2,3,4);;/b7-6-,10-9-;;;;. The fraction of sp³-hybridized carbons (Fsp3) is 0.722. The zero-order valence-corrected chi connectivity index (χ0v) is 16.1. The third-order valence-electron chi connectivity index (χ3n) is 3.34. The molecular weight excluding hydrogens is 482 g/mol. The van der Waals surface area contributed by atoms with Crippen molar-refractivity contribution in [3.8, 4) is 0 Å². The van der Waals surface area contributed by atoms with E-state index in [2.05, 4.69) is 31.2 Å². The van der Waals surface area contributed by atoms with Crippen molar-refractivity contribution in [1.29, 1.82) is 0 Å². The van der Waals surface area contributed by atoms with Crippen LogP contribution in [0.4, 0.5) is 0 Å². The van der Waals surface area contributed by atoms with Gasteiger partial charge in [0, 0.05) is 6.42 Å². The molecule has 0 rings (SSSR count). The second-order valence-corrected chi connectivity index (χ2v) is 6.72. The number of carbonyl (C=O) groups is 1. The second-order valence-electron chi connectivity index (χ2n) is 5.82. The first-order valence-electron chi connectivity index (χ1n) is 8.99. The second kappa shape index (κ2) is 23.4. The molecule has 0 aliphatic carbocycles. The van der Waals surface area contributed by atoms with E-state index < -0.39 is 16.4 Å². The van der Waals surface area contributed by atoms with Crippen molar-refractivity contribution < 1.29 is 27.4 Å². The van der Waals surface area contributed by atoms with Crippen LogP contribution in [-0.2, 0) is 15.2 Å². The van der Waals surface area contributed by atoms with Gasteiger partial charge in [0.15, 0.2) is 0 Å². The van der Waals surface area contributed by atoms with Crippen molar-refractivity contribution in [2.45, 2.75) is 84.0 Å². The third-order valence-corrected chi connectivity index (χ3v) is 3.34. The summed E-state index contributed by atoms with van der Waals surface area (Å²) in [6, 6.07) is 0. The van der Waals surface area contributed by atoms with Crippen LogP contribution in [0.5, 0.6) is 0 Å². The number of hydrogen-bond acceptors (Lipinski definition) is 3. The Morgan fingerprint density at radius 2 is 1.23 bits per heavy atom. The summed E-state index contributed by atoms with van der Waals surface area (Å²) in [7, 11) is -4.67. The molecule has 0 unspecified atom stereocenters. The molecular formula is C18H36BaO6S. The van der Waals surface area contributed by atoms with Crippen LogP contribution in [-0.4, -0.2) is 77.5 Å². The van der Waals surface area contributed by atoms with Crippen molar-refractivity contribution in [1.82, 2.24) is 0 Å². The number of unbranched alkanes of at least 4 members (excludes halogenated alkanes) is 8. The molecule has 0 heterocycles. The average molecular weight is 518 g/mol. The summed E-state index contributed by atoms with van der Waals surface area (Å²) in [5, 5.41) is 8.50. The number of carboxylic acid groups (broad SMARTS) is 1. The maximum absolute atomic E-state index is 10.3. The van der Waals surface area contributed by atoms with E-state index in [-0.39, 0.29) is 48.9 Å². The quantitative estimate of drug-likeness (QED) is 0.137. The average Bonchev–Trinajstić information content (AvgIpc) is 2.49. The molecule has 0 aromatic carbocycles. The van der Waals surface area contributed by atoms with Crippen LogP contribution in [0, 0.1) is 0 Å². The number of carboxylic acids is 1. The first-order chi connectivity index (χ1) is 11.8. The molecule has 6 nitrogen and oxygen atoms in total. The van der Waals surface area contributed by atoms with Crippen molar-refractivity contribution in [2.75, 3.05) is 0 Å². The van der Waals surface area contributed by atoms with Gasteiger partial charge in [-0.2, -0.15) is 8.42 Å². The van der Waals surface area contributed by atoms with Gasteiger partial charge in [-0.25, -0.2) is 0 Å². The van der Waals surface area contributed by atoms with E-state index in [1.165, 1.54) is 44.9 Å². The van der Waals surface area contributed by atoms with Gasteiger partial charge in [0.05, 0.1) is 0 Å². The van der Waals surface area contributed by atoms with Gasteiger partial charge in [-0.15, -0.1) is 0 Å². The van der Waals surface area contributed by atoms with Crippen LogP contribution in [0.3, 0.4) is 0 Å². The Bertz CT molecular complexity index is 452. The summed E-state index contributed by atoms with van der Waals surface area (Å²) in [5.41, 5.74) is 0. The van der Waals surface area contributed by atoms with Gasteiger partial charge in [-0.1, -0.05) is 63.3 Å². The third kappa shape index (κ3) is 44.1. The maximum atomic E-state index is 10.3. The molecule has 26 heavy (non-hydrogen) atoms. The Morgan fingerprint density at radius 3 is 1.69 bits per heavy atom. The summed E-state index contributed by atoms with van der Waals surface area (Å²) in [4.78, 5) is 10.3. The van der Waals surface area contributed by atoms with Crippen molar-refractivity contribution in [3.05, 3.63) is 24.3 Å². The molecule has 3 N–H and O–H groups in total. The van der Waals surface area contributed by atoms with Gasteiger partial charge in [0.25, 0.3) is 0 Å². The molecule has 0 saturated carbocycles. The molecule has 0 spiro atoms. The fourth-order valence-electron chi connectivity index (χ4n) is 2.09. The molecule has 0 radical (unpaired) electrons. The molecule has 8 heteroatoms. The van der Waals surface area contributed by atoms with E-state index in [4.69, 9.17) is 22.6 Å². The fourth-order valence-corrected chi connectivity index (χ4v) is 2.09. The van der Waals surface area contributed by atoms with Crippen molar-refractivity contribution >= 4 is 65.2 Å². The topological polar surface area (TPSA) is 112 Å². The van der Waals surface area contributed by atoms with E-state index in [1.54, 1.807) is 0 Å². The van der Waals surface area contributed by atoms with Gasteiger partial charge in [-0.3, -0.25) is 13.9 Å². The van der Waals surface area contributed by atoms with Crippen molar-refractivity contribution in [2.24, 2.45) is 0 Å². The molecule has 0 aromatic heterocycles. The predicted molar refractivity (Wildman–Crippen MR) is 110 cm³/mol. The van der Waals surface area contributed by atoms with E-state index in [0.717, 1.165) is 25.7 Å². The summed E-state index contributed by atoms with van der Waals surface area (Å²) in [5.74, 6) is -0.671. The van der Waals surface area contributed by atoms with Gasteiger partial charge in [0.2, 0.25) is 0 Å². The Kier molecular flexibility index (Phi) is 28.0. The summed E-state index contributed by atoms with van der Waals surface area (Å²) in [6.07, 6.45) is 22.3. The van der Waals surface area contributed by atoms with Crippen LogP contribution < -0.4 is 0 Å². The Labute approximate surface area is 199 Å². The summed E-state index contributed by atoms with van der Waals surface area (Å²) >= 11 is 0. The van der Waals surface area contributed by atoms with Crippen LogP contribution in [0.2, 0.25) is 0 Å². The van der Waals surface area contributed by atoms with E-state index >= 15 is 0 Å². The van der Waals surface area contributed by atoms with Crippen LogP contribution >= 0.6 is 0 Å². The van der Waals surface area contributed by atoms with Crippen LogP contribution in [0.1, 0.15) is 84.0 Å². The van der Waals surface area contributed by atoms with E-state index in [0.29, 0.717) is 6.42 Å². The molecule has 0 fully saturated rings. The van der Waals surface area contributed by atoms with Gasteiger partial charge in [0.1, 0.15) is 0 Å². The molecule has 0 aliphatic heterocycles. The number of rotatable bonds is 14. The Balaban J connectivity index is -0.000000772. The summed E-state index contributed by atoms with van der Waals surface area (Å²) < 4.78 is 31.6. The molecule has 152 valence electrons. The van der Waals surface area contributed by atoms with Crippen LogP contribution in [0.15, 0.2) is 24.3 Å². The number of aliphatic carboxylic acids is 1. The molecule has 0 saturated heterocycles. The Hall–Kier alpha value is 0.391. The predicted octanol–water partition coefficient (Wildman–Crippen LogP) is 4.32. The van der Waals surface area contributed by atoms with E-state index in [9.17, 15) is 4.79 Å². The molecule has 0 aliphatic rings. The van der Waals surface area contributed by atoms with Gasteiger partial charge >= 0.3 is 65.2 Å². The minimum absolute atomic E-state index is 0. The number of hydrogen-bond donors (Lipinski definition) is 3.